The summed E-state index contributed by atoms with van der Waals surface area (Å²) in [6, 6.07) is 6.52. The van der Waals surface area contributed by atoms with Gasteiger partial charge in [-0.1, -0.05) is 12.1 Å². The van der Waals surface area contributed by atoms with Gasteiger partial charge in [-0.3, -0.25) is 4.79 Å². The third kappa shape index (κ3) is 3.13. The van der Waals surface area contributed by atoms with E-state index in [1.807, 2.05) is 0 Å². The highest BCUT2D eigenvalue weighted by Crippen LogP contribution is 2.17. The number of carbonyl (C=O) groups excluding carboxylic acids is 1. The molecule has 1 fully saturated rings. The highest BCUT2D eigenvalue weighted by molar-refractivity contribution is 5.96. The van der Waals surface area contributed by atoms with E-state index < -0.39 is 0 Å². The van der Waals surface area contributed by atoms with Crippen molar-refractivity contribution in [2.75, 3.05) is 13.1 Å². The van der Waals surface area contributed by atoms with E-state index >= 15 is 0 Å². The molecule has 0 N–H and O–H groups in total. The Balaban J connectivity index is 1.89. The smallest absolute Gasteiger partial charge is 0.164 e. The van der Waals surface area contributed by atoms with E-state index in [0.717, 1.165) is 13.1 Å². The van der Waals surface area contributed by atoms with E-state index in [2.05, 4.69) is 11.8 Å². The monoisotopic (exact) mass is 235 g/mol. The zero-order chi connectivity index (χ0) is 12.3. The van der Waals surface area contributed by atoms with E-state index in [-0.39, 0.29) is 11.6 Å². The zero-order valence-corrected chi connectivity index (χ0v) is 10.2. The van der Waals surface area contributed by atoms with Gasteiger partial charge in [0.1, 0.15) is 5.82 Å². The molecule has 1 atom stereocenters. The number of hydrogen-bond donors (Lipinski definition) is 0. The maximum Gasteiger partial charge on any atom is 0.164 e. The third-order valence-corrected chi connectivity index (χ3v) is 3.46. The quantitative estimate of drug-likeness (QED) is 0.748. The van der Waals surface area contributed by atoms with Crippen LogP contribution in [0.2, 0.25) is 0 Å². The normalized spacial score (nSPS) is 20.7. The van der Waals surface area contributed by atoms with Crippen LogP contribution in [0.5, 0.6) is 0 Å². The Morgan fingerprint density at radius 2 is 2.35 bits per heavy atom. The standard InChI is InChI=1S/C14H18FNO/c1-11-4-3-8-16(11)9-7-14(17)12-5-2-6-13(15)10-12/h2,5-6,10-11H,3-4,7-9H2,1H3. The predicted octanol–water partition coefficient (Wildman–Crippen LogP) is 2.88. The van der Waals surface area contributed by atoms with Crippen molar-refractivity contribution in [1.82, 2.24) is 4.90 Å². The van der Waals surface area contributed by atoms with Crippen molar-refractivity contribution in [3.05, 3.63) is 35.6 Å². The van der Waals surface area contributed by atoms with E-state index in [1.54, 1.807) is 12.1 Å². The van der Waals surface area contributed by atoms with E-state index in [1.165, 1.54) is 25.0 Å². The molecule has 1 aromatic rings. The first-order chi connectivity index (χ1) is 8.16. The summed E-state index contributed by atoms with van der Waals surface area (Å²) in [6.07, 6.45) is 2.91. The van der Waals surface area contributed by atoms with Crippen molar-refractivity contribution in [2.24, 2.45) is 0 Å². The van der Waals surface area contributed by atoms with Gasteiger partial charge >= 0.3 is 0 Å². The molecule has 0 spiro atoms. The number of Topliss-reactive ketones (excluding diaryl/α,β-unsaturated/α-hetero) is 1. The van der Waals surface area contributed by atoms with E-state index in [9.17, 15) is 9.18 Å². The molecule has 0 aliphatic carbocycles. The second-order valence-electron chi connectivity index (χ2n) is 4.71. The second-order valence-corrected chi connectivity index (χ2v) is 4.71. The van der Waals surface area contributed by atoms with Crippen LogP contribution in [-0.2, 0) is 0 Å². The highest BCUT2D eigenvalue weighted by Gasteiger charge is 2.20. The maximum atomic E-state index is 13.0. The second kappa shape index (κ2) is 5.41. The van der Waals surface area contributed by atoms with Crippen LogP contribution in [0.4, 0.5) is 4.39 Å². The van der Waals surface area contributed by atoms with Gasteiger partial charge < -0.3 is 4.90 Å². The zero-order valence-electron chi connectivity index (χ0n) is 10.2. The summed E-state index contributed by atoms with van der Waals surface area (Å²) in [7, 11) is 0. The molecule has 1 aliphatic heterocycles. The molecular weight excluding hydrogens is 217 g/mol. The molecule has 1 heterocycles. The third-order valence-electron chi connectivity index (χ3n) is 3.46. The summed E-state index contributed by atoms with van der Waals surface area (Å²) in [5, 5.41) is 0. The van der Waals surface area contributed by atoms with Crippen molar-refractivity contribution in [3.63, 3.8) is 0 Å². The molecule has 0 aromatic heterocycles. The molecule has 1 aromatic carbocycles. The van der Waals surface area contributed by atoms with Gasteiger partial charge in [0, 0.05) is 24.6 Å². The van der Waals surface area contributed by atoms with Crippen molar-refractivity contribution in [3.8, 4) is 0 Å². The number of benzene rings is 1. The van der Waals surface area contributed by atoms with Crippen LogP contribution in [0.1, 0.15) is 36.5 Å². The van der Waals surface area contributed by atoms with Gasteiger partial charge in [-0.15, -0.1) is 0 Å². The minimum atomic E-state index is -0.342. The maximum absolute atomic E-state index is 13.0. The van der Waals surface area contributed by atoms with Crippen LogP contribution in [0.15, 0.2) is 24.3 Å². The molecule has 1 unspecified atom stereocenters. The number of nitrogens with zero attached hydrogens (tertiary/aromatic N) is 1. The number of carbonyl (C=O) groups is 1. The summed E-state index contributed by atoms with van der Waals surface area (Å²) in [4.78, 5) is 14.2. The van der Waals surface area contributed by atoms with Crippen molar-refractivity contribution in [2.45, 2.75) is 32.2 Å². The van der Waals surface area contributed by atoms with Crippen LogP contribution in [0, 0.1) is 5.82 Å². The minimum absolute atomic E-state index is 0.0311. The van der Waals surface area contributed by atoms with Crippen LogP contribution in [0.3, 0.4) is 0 Å². The van der Waals surface area contributed by atoms with E-state index in [4.69, 9.17) is 0 Å². The first kappa shape index (κ1) is 12.2. The number of ketones is 1. The van der Waals surface area contributed by atoms with Gasteiger partial charge in [-0.05, 0) is 38.4 Å². The molecule has 0 amide bonds. The van der Waals surface area contributed by atoms with Crippen molar-refractivity contribution in [1.29, 1.82) is 0 Å². The van der Waals surface area contributed by atoms with E-state index in [0.29, 0.717) is 18.0 Å². The molecule has 2 nitrogen and oxygen atoms in total. The largest absolute Gasteiger partial charge is 0.300 e. The molecule has 0 radical (unpaired) electrons. The Bertz CT molecular complexity index is 405. The van der Waals surface area contributed by atoms with Gasteiger partial charge in [0.15, 0.2) is 5.78 Å². The Morgan fingerprint density at radius 3 is 3.00 bits per heavy atom. The first-order valence-electron chi connectivity index (χ1n) is 6.19. The van der Waals surface area contributed by atoms with Gasteiger partial charge in [0.2, 0.25) is 0 Å². The number of halogens is 1. The average Bonchev–Trinajstić information content (AvgIpc) is 2.72. The summed E-state index contributed by atoms with van der Waals surface area (Å²) >= 11 is 0. The van der Waals surface area contributed by atoms with Crippen molar-refractivity contribution >= 4 is 5.78 Å². The lowest BCUT2D eigenvalue weighted by Gasteiger charge is -2.20. The van der Waals surface area contributed by atoms with Gasteiger partial charge in [-0.2, -0.15) is 0 Å². The lowest BCUT2D eigenvalue weighted by atomic mass is 10.1. The molecule has 3 heteroatoms. The fourth-order valence-corrected chi connectivity index (χ4v) is 2.38. The molecule has 1 saturated heterocycles. The Labute approximate surface area is 101 Å². The van der Waals surface area contributed by atoms with Crippen LogP contribution in [-0.4, -0.2) is 29.8 Å². The Hall–Kier alpha value is -1.22. The summed E-state index contributed by atoms with van der Waals surface area (Å²) in [5.41, 5.74) is 0.483. The fourth-order valence-electron chi connectivity index (χ4n) is 2.38. The van der Waals surface area contributed by atoms with Crippen LogP contribution in [0.25, 0.3) is 0 Å². The molecule has 0 bridgehead atoms. The Morgan fingerprint density at radius 1 is 1.53 bits per heavy atom. The minimum Gasteiger partial charge on any atom is -0.300 e. The summed E-state index contributed by atoms with van der Waals surface area (Å²) in [6.45, 7) is 4.06. The summed E-state index contributed by atoms with van der Waals surface area (Å²) < 4.78 is 13.0. The molecular formula is C14H18FNO. The fraction of sp³-hybridized carbons (Fsp3) is 0.500. The predicted molar refractivity (Wildman–Crippen MR) is 65.6 cm³/mol. The lowest BCUT2D eigenvalue weighted by Crippen LogP contribution is -2.29. The van der Waals surface area contributed by atoms with Gasteiger partial charge in [0.25, 0.3) is 0 Å². The Kier molecular flexibility index (Phi) is 3.89. The lowest BCUT2D eigenvalue weighted by molar-refractivity contribution is 0.0962. The molecule has 0 saturated carbocycles. The first-order valence-corrected chi connectivity index (χ1v) is 6.19. The van der Waals surface area contributed by atoms with Crippen LogP contribution < -0.4 is 0 Å². The SMILES string of the molecule is CC1CCCN1CCC(=O)c1cccc(F)c1. The molecule has 1 aliphatic rings. The molecule has 2 rings (SSSR count). The van der Waals surface area contributed by atoms with Gasteiger partial charge in [0.05, 0.1) is 0 Å². The van der Waals surface area contributed by atoms with Crippen LogP contribution >= 0.6 is 0 Å². The number of likely N-dealkylation sites (tertiary alicyclic amines) is 1. The number of rotatable bonds is 4. The summed E-state index contributed by atoms with van der Waals surface area (Å²) in [5.74, 6) is -0.311. The topological polar surface area (TPSA) is 20.3 Å². The van der Waals surface area contributed by atoms with Gasteiger partial charge in [-0.25, -0.2) is 4.39 Å². The molecule has 17 heavy (non-hydrogen) atoms. The van der Waals surface area contributed by atoms with Crippen molar-refractivity contribution < 1.29 is 9.18 Å². The number of hydrogen-bond acceptors (Lipinski definition) is 2. The average molecular weight is 235 g/mol. The highest BCUT2D eigenvalue weighted by atomic mass is 19.1. The molecule has 92 valence electrons.